The molecule has 202 valence electrons. The number of nitrogens with one attached hydrogen (secondary N) is 1. The molecule has 1 N–H and O–H groups in total. The third kappa shape index (κ3) is 5.05. The molecule has 2 aromatic carbocycles. The number of benzene rings is 2. The van der Waals surface area contributed by atoms with Crippen LogP contribution in [0.5, 0.6) is 0 Å². The molecule has 4 aromatic rings. The fraction of sp³-hybridized carbons (Fsp3) is 0.333. The van der Waals surface area contributed by atoms with Gasteiger partial charge in [-0.2, -0.15) is 0 Å². The summed E-state index contributed by atoms with van der Waals surface area (Å²) in [7, 11) is 0. The molecule has 0 atom stereocenters. The number of nitrogens with zero attached hydrogens (tertiary/aromatic N) is 3. The second-order valence-electron chi connectivity index (χ2n) is 10.2. The quantitative estimate of drug-likeness (QED) is 0.263. The van der Waals surface area contributed by atoms with Crippen molar-refractivity contribution in [3.8, 4) is 16.9 Å². The van der Waals surface area contributed by atoms with Gasteiger partial charge in [0, 0.05) is 53.3 Å². The monoisotopic (exact) mass is 582 g/mol. The normalized spacial score (nSPS) is 17.5. The van der Waals surface area contributed by atoms with E-state index < -0.39 is 0 Å². The first-order valence-electron chi connectivity index (χ1n) is 13.3. The fourth-order valence-corrected chi connectivity index (χ4v) is 6.84. The van der Waals surface area contributed by atoms with E-state index in [1.165, 1.54) is 18.9 Å². The maximum absolute atomic E-state index is 13.3. The molecule has 0 radical (unpaired) electrons. The molecule has 1 saturated heterocycles. The SMILES string of the molecule is O=c1ccc2c(-c3ccccc3Cl)nc(NCC3(N4CCOCC4)CCCC3)cc2n1-c1c(Cl)cccc1Cl. The molecule has 0 amide bonds. The average Bonchev–Trinajstić information content (AvgIpc) is 3.44. The minimum Gasteiger partial charge on any atom is -0.379 e. The highest BCUT2D eigenvalue weighted by atomic mass is 35.5. The molecule has 3 heterocycles. The minimum atomic E-state index is -0.236. The van der Waals surface area contributed by atoms with Crippen LogP contribution in [-0.2, 0) is 4.74 Å². The molecule has 1 saturated carbocycles. The second kappa shape index (κ2) is 11.1. The van der Waals surface area contributed by atoms with E-state index in [1.54, 1.807) is 28.8 Å². The van der Waals surface area contributed by atoms with E-state index in [9.17, 15) is 4.79 Å². The van der Waals surface area contributed by atoms with Crippen LogP contribution in [0.2, 0.25) is 15.1 Å². The molecule has 2 fully saturated rings. The summed E-state index contributed by atoms with van der Waals surface area (Å²) in [5.74, 6) is 0.666. The second-order valence-corrected chi connectivity index (χ2v) is 11.5. The van der Waals surface area contributed by atoms with Gasteiger partial charge in [-0.15, -0.1) is 0 Å². The summed E-state index contributed by atoms with van der Waals surface area (Å²) >= 11 is 19.9. The summed E-state index contributed by atoms with van der Waals surface area (Å²) in [5, 5.41) is 5.79. The largest absolute Gasteiger partial charge is 0.379 e. The molecule has 0 unspecified atom stereocenters. The van der Waals surface area contributed by atoms with Crippen LogP contribution in [0.3, 0.4) is 0 Å². The topological polar surface area (TPSA) is 59.4 Å². The van der Waals surface area contributed by atoms with Crippen LogP contribution >= 0.6 is 34.8 Å². The van der Waals surface area contributed by atoms with Crippen LogP contribution in [0.15, 0.2) is 65.5 Å². The number of hydrogen-bond acceptors (Lipinski definition) is 5. The van der Waals surface area contributed by atoms with Crippen molar-refractivity contribution in [1.82, 2.24) is 14.5 Å². The Morgan fingerprint density at radius 2 is 1.59 bits per heavy atom. The lowest BCUT2D eigenvalue weighted by Crippen LogP contribution is -2.55. The molecular weight excluding hydrogens is 555 g/mol. The number of morpholine rings is 1. The van der Waals surface area contributed by atoms with Crippen molar-refractivity contribution in [2.45, 2.75) is 31.2 Å². The zero-order valence-electron chi connectivity index (χ0n) is 21.4. The third-order valence-electron chi connectivity index (χ3n) is 8.00. The zero-order valence-corrected chi connectivity index (χ0v) is 23.7. The van der Waals surface area contributed by atoms with E-state index in [0.29, 0.717) is 37.8 Å². The van der Waals surface area contributed by atoms with Gasteiger partial charge >= 0.3 is 0 Å². The number of anilines is 1. The molecule has 39 heavy (non-hydrogen) atoms. The van der Waals surface area contributed by atoms with Crippen LogP contribution in [0.25, 0.3) is 27.8 Å². The van der Waals surface area contributed by atoms with Crippen LogP contribution < -0.4 is 10.9 Å². The standard InChI is InChI=1S/C30H29Cl3N4O2/c31-22-7-2-1-6-20(22)28-21-10-11-27(38)37(29-23(32)8-5-9-24(29)33)25(21)18-26(35-28)34-19-30(12-3-4-13-30)36-14-16-39-17-15-36/h1-2,5-11,18H,3-4,12-17,19H2,(H,34,35). The van der Waals surface area contributed by atoms with Gasteiger partial charge < -0.3 is 10.1 Å². The summed E-state index contributed by atoms with van der Waals surface area (Å²) in [5.41, 5.74) is 2.38. The molecule has 9 heteroatoms. The summed E-state index contributed by atoms with van der Waals surface area (Å²) in [6, 6.07) is 18.1. The Hall–Kier alpha value is -2.61. The number of rotatable bonds is 6. The zero-order chi connectivity index (χ0) is 27.0. The summed E-state index contributed by atoms with van der Waals surface area (Å²) in [6.07, 6.45) is 4.68. The number of hydrogen-bond donors (Lipinski definition) is 1. The van der Waals surface area contributed by atoms with Crippen molar-refractivity contribution in [2.24, 2.45) is 0 Å². The van der Waals surface area contributed by atoms with Gasteiger partial charge in [-0.25, -0.2) is 4.98 Å². The Kier molecular flexibility index (Phi) is 7.58. The fourth-order valence-electron chi connectivity index (χ4n) is 6.05. The Balaban J connectivity index is 1.52. The Morgan fingerprint density at radius 3 is 2.31 bits per heavy atom. The van der Waals surface area contributed by atoms with Crippen LogP contribution in [0.4, 0.5) is 5.82 Å². The molecule has 1 aliphatic carbocycles. The maximum Gasteiger partial charge on any atom is 0.255 e. The highest BCUT2D eigenvalue weighted by Crippen LogP contribution is 2.38. The van der Waals surface area contributed by atoms with Crippen molar-refractivity contribution in [3.63, 3.8) is 0 Å². The van der Waals surface area contributed by atoms with Crippen molar-refractivity contribution in [3.05, 3.63) is 86.1 Å². The predicted molar refractivity (Wildman–Crippen MR) is 160 cm³/mol. The van der Waals surface area contributed by atoms with Crippen LogP contribution in [-0.4, -0.2) is 52.8 Å². The number of para-hydroxylation sites is 1. The molecule has 0 bridgehead atoms. The Labute approximate surface area is 242 Å². The summed E-state index contributed by atoms with van der Waals surface area (Å²) in [4.78, 5) is 21.0. The van der Waals surface area contributed by atoms with Crippen molar-refractivity contribution in [2.75, 3.05) is 38.2 Å². The lowest BCUT2D eigenvalue weighted by molar-refractivity contribution is -0.0160. The number of pyridine rings is 2. The van der Waals surface area contributed by atoms with Gasteiger partial charge in [0.15, 0.2) is 0 Å². The molecule has 2 aliphatic rings. The maximum atomic E-state index is 13.3. The van der Waals surface area contributed by atoms with Gasteiger partial charge in [-0.3, -0.25) is 14.3 Å². The van der Waals surface area contributed by atoms with Gasteiger partial charge in [-0.1, -0.05) is 71.9 Å². The highest BCUT2D eigenvalue weighted by Gasteiger charge is 2.40. The molecule has 2 aromatic heterocycles. The smallest absolute Gasteiger partial charge is 0.255 e. The molecular formula is C30H29Cl3N4O2. The molecule has 1 aliphatic heterocycles. The van der Waals surface area contributed by atoms with E-state index >= 15 is 0 Å². The van der Waals surface area contributed by atoms with Crippen molar-refractivity contribution < 1.29 is 4.74 Å². The molecule has 6 nitrogen and oxygen atoms in total. The Bertz CT molecular complexity index is 1560. The summed E-state index contributed by atoms with van der Waals surface area (Å²) < 4.78 is 7.21. The van der Waals surface area contributed by atoms with Gasteiger partial charge in [0.25, 0.3) is 5.56 Å². The molecule has 6 rings (SSSR count). The first-order chi connectivity index (χ1) is 19.0. The first kappa shape index (κ1) is 26.6. The van der Waals surface area contributed by atoms with Gasteiger partial charge in [-0.05, 0) is 37.1 Å². The number of ether oxygens (including phenoxy) is 1. The molecule has 0 spiro atoms. The van der Waals surface area contributed by atoms with Crippen LogP contribution in [0.1, 0.15) is 25.7 Å². The van der Waals surface area contributed by atoms with E-state index in [4.69, 9.17) is 44.5 Å². The minimum absolute atomic E-state index is 0.0490. The van der Waals surface area contributed by atoms with Crippen LogP contribution in [0, 0.1) is 0 Å². The van der Waals surface area contributed by atoms with Gasteiger partial charge in [0.1, 0.15) is 5.82 Å². The lowest BCUT2D eigenvalue weighted by Gasteiger charge is -2.43. The van der Waals surface area contributed by atoms with E-state index in [2.05, 4.69) is 10.2 Å². The predicted octanol–water partition coefficient (Wildman–Crippen LogP) is 7.07. The summed E-state index contributed by atoms with van der Waals surface area (Å²) in [6.45, 7) is 4.14. The van der Waals surface area contributed by atoms with Crippen molar-refractivity contribution in [1.29, 1.82) is 0 Å². The van der Waals surface area contributed by atoms with E-state index in [0.717, 1.165) is 56.6 Å². The lowest BCUT2D eigenvalue weighted by atomic mass is 9.94. The third-order valence-corrected chi connectivity index (χ3v) is 8.94. The van der Waals surface area contributed by atoms with Gasteiger partial charge in [0.05, 0.1) is 40.2 Å². The number of fused-ring (bicyclic) bond motifs is 1. The highest BCUT2D eigenvalue weighted by molar-refractivity contribution is 6.38. The van der Waals surface area contributed by atoms with E-state index in [1.807, 2.05) is 30.3 Å². The Morgan fingerprint density at radius 1 is 0.897 bits per heavy atom. The number of halogens is 3. The van der Waals surface area contributed by atoms with Gasteiger partial charge in [0.2, 0.25) is 0 Å². The average molecular weight is 584 g/mol. The van der Waals surface area contributed by atoms with E-state index in [-0.39, 0.29) is 11.1 Å². The van der Waals surface area contributed by atoms with Crippen molar-refractivity contribution >= 4 is 51.5 Å². The number of aromatic nitrogens is 2. The first-order valence-corrected chi connectivity index (χ1v) is 14.4.